The fourth-order valence-electron chi connectivity index (χ4n) is 15.4. The van der Waals surface area contributed by atoms with Gasteiger partial charge >= 0.3 is 23.9 Å². The van der Waals surface area contributed by atoms with Crippen LogP contribution in [0, 0.1) is 47.3 Å². The first kappa shape index (κ1) is 107. The highest BCUT2D eigenvalue weighted by atomic mass is 32.2. The van der Waals surface area contributed by atoms with E-state index in [0.29, 0.717) is 144 Å². The van der Waals surface area contributed by atoms with Crippen molar-refractivity contribution in [1.82, 2.24) is 0 Å². The van der Waals surface area contributed by atoms with Gasteiger partial charge in [-0.2, -0.15) is 12.6 Å². The lowest BCUT2D eigenvalue weighted by Gasteiger charge is -2.39. The molecule has 642 valence electrons. The standard InChI is InChI=1S/C24H44O6.2C21H34O4S.C21H34O4.2C2H6/c1-3-4-5-8-11-15-29-17-18-30-16-14-21-20(22(25)19-23(21)26)12-9-6-7-10-13-24(27)28-2;1-3-4-9-13-21(24)14-12-17-16(18(22)15-19(17)26-21)10-7-5-6-8-11-20(23)25-2;1-3-4-7-10-16(22)13-14-18-17(19(23)15-20(18)26)11-8-5-6-9-12-21(24)25-2;1-3-4-7-10-18(22)15-13-17-14-16-20(23)19(17)11-8-5-6-9-12-21(24)25-2;2*1-2/h6,9,20-23,25-26H,3-5,7-8,10-19H2,1-2H3;5,7,16-17,19,24H,3-4,6,8-15H2,1-2H3;5,8,17-18,20,26H,3-4,6-7,9-15H2,1-2H3;5,8,17,19H,3-4,6-7,9-16H2,1-2H3;2*1-2H3/b9-6-;7-5-;2*8-5-;;/t20-,21?,22+,23-;16-,17-,19-,21?;17-,18?,20?;17?,19-;;/m1111../s1. The maximum atomic E-state index is 12.5. The first-order chi connectivity index (χ1) is 53.7. The zero-order chi connectivity index (χ0) is 82.9. The zero-order valence-corrected chi connectivity index (χ0v) is 73.2. The summed E-state index contributed by atoms with van der Waals surface area (Å²) in [5.41, 5.74) is 0. The van der Waals surface area contributed by atoms with Crippen molar-refractivity contribution in [2.24, 2.45) is 47.3 Å². The molecule has 5 unspecified atom stereocenters. The Labute approximate surface area is 683 Å². The Morgan fingerprint density at radius 2 is 0.874 bits per heavy atom. The number of ether oxygens (including phenoxy) is 6. The molecule has 13 atom stereocenters. The zero-order valence-electron chi connectivity index (χ0n) is 71.5. The van der Waals surface area contributed by atoms with E-state index in [-0.39, 0.29) is 70.4 Å². The molecule has 4 aliphatic carbocycles. The van der Waals surface area contributed by atoms with E-state index in [1.54, 1.807) is 11.8 Å². The van der Waals surface area contributed by atoms with Crippen LogP contribution in [0.15, 0.2) is 48.6 Å². The van der Waals surface area contributed by atoms with Crippen molar-refractivity contribution in [3.05, 3.63) is 48.6 Å². The number of carbonyl (C=O) groups is 9. The molecule has 5 fully saturated rings. The molecule has 111 heavy (non-hydrogen) atoms. The fraction of sp³-hybridized carbons (Fsp3) is 0.813. The normalized spacial score (nSPS) is 23.9. The molecule has 0 radical (unpaired) electrons. The minimum Gasteiger partial charge on any atom is -0.469 e. The largest absolute Gasteiger partial charge is 0.469 e. The predicted molar refractivity (Wildman–Crippen MR) is 453 cm³/mol. The topological polar surface area (TPSA) is 270 Å². The Bertz CT molecular complexity index is 2590. The van der Waals surface area contributed by atoms with Gasteiger partial charge in [-0.15, -0.1) is 11.8 Å². The summed E-state index contributed by atoms with van der Waals surface area (Å²) in [5.74, 6) is 2.20. The number of thioether (sulfide) groups is 1. The van der Waals surface area contributed by atoms with Crippen LogP contribution < -0.4 is 0 Å². The number of Topliss-reactive ketones (excluding diaryl/α,β-unsaturated/α-hetero) is 5. The number of ketones is 5. The van der Waals surface area contributed by atoms with E-state index in [9.17, 15) is 58.5 Å². The Kier molecular flexibility index (Phi) is 67.2. The van der Waals surface area contributed by atoms with Crippen molar-refractivity contribution in [2.45, 2.75) is 372 Å². The van der Waals surface area contributed by atoms with Crippen LogP contribution in [0.4, 0.5) is 0 Å². The first-order valence-electron chi connectivity index (χ1n) is 43.7. The van der Waals surface area contributed by atoms with Gasteiger partial charge in [-0.05, 0) is 184 Å². The van der Waals surface area contributed by atoms with Crippen LogP contribution in [0.5, 0.6) is 0 Å². The molecule has 0 aromatic carbocycles. The molecule has 3 N–H and O–H groups in total. The van der Waals surface area contributed by atoms with Gasteiger partial charge in [0.1, 0.15) is 33.8 Å². The number of aliphatic hydroxyl groups excluding tert-OH is 2. The lowest BCUT2D eigenvalue weighted by molar-refractivity contribution is -0.141. The smallest absolute Gasteiger partial charge is 0.305 e. The highest BCUT2D eigenvalue weighted by Crippen LogP contribution is 2.53. The summed E-state index contributed by atoms with van der Waals surface area (Å²) in [6.07, 6.45) is 53.5. The van der Waals surface area contributed by atoms with Crippen LogP contribution in [0.3, 0.4) is 0 Å². The molecule has 0 aromatic rings. The minimum atomic E-state index is -0.616. The molecule has 20 heteroatoms. The summed E-state index contributed by atoms with van der Waals surface area (Å²) in [5, 5.41) is 31.8. The number of aliphatic hydroxyl groups is 3. The molecule has 0 bridgehead atoms. The lowest BCUT2D eigenvalue weighted by atomic mass is 9.86. The van der Waals surface area contributed by atoms with Gasteiger partial charge in [0.2, 0.25) is 0 Å². The maximum Gasteiger partial charge on any atom is 0.305 e. The molecular weight excluding hydrogens is 1450 g/mol. The number of fused-ring (bicyclic) bond motifs is 1. The minimum absolute atomic E-state index is 0.0159. The molecule has 1 heterocycles. The predicted octanol–water partition coefficient (Wildman–Crippen LogP) is 20.2. The van der Waals surface area contributed by atoms with Crippen molar-refractivity contribution in [3.63, 3.8) is 0 Å². The highest BCUT2D eigenvalue weighted by molar-refractivity contribution is 8.01. The number of esters is 4. The lowest BCUT2D eigenvalue weighted by Crippen LogP contribution is -2.36. The van der Waals surface area contributed by atoms with Crippen molar-refractivity contribution >= 4 is 77.2 Å². The second-order valence-corrected chi connectivity index (χ2v) is 32.6. The van der Waals surface area contributed by atoms with Crippen molar-refractivity contribution < 1.29 is 86.9 Å². The van der Waals surface area contributed by atoms with E-state index in [0.717, 1.165) is 174 Å². The molecule has 0 spiro atoms. The summed E-state index contributed by atoms with van der Waals surface area (Å²) in [4.78, 5) is 104. The number of hydrogen-bond donors (Lipinski definition) is 4. The number of unbranched alkanes of at least 4 members (excludes halogenated alkanes) is 14. The second-order valence-electron chi connectivity index (χ2n) is 30.3. The van der Waals surface area contributed by atoms with E-state index < -0.39 is 17.1 Å². The maximum absolute atomic E-state index is 12.5. The number of hydrogen-bond acceptors (Lipinski definition) is 20. The Hall–Kier alpha value is -4.31. The molecule has 5 aliphatic rings. The van der Waals surface area contributed by atoms with Crippen LogP contribution in [0.25, 0.3) is 0 Å². The quantitative estimate of drug-likeness (QED) is 0.0145. The molecule has 18 nitrogen and oxygen atoms in total. The van der Waals surface area contributed by atoms with E-state index in [2.05, 4.69) is 89.7 Å². The van der Waals surface area contributed by atoms with Crippen LogP contribution >= 0.6 is 24.4 Å². The summed E-state index contributed by atoms with van der Waals surface area (Å²) in [6, 6.07) is 0. The fourth-order valence-corrected chi connectivity index (χ4v) is 17.7. The number of methoxy groups -OCH3 is 4. The van der Waals surface area contributed by atoms with E-state index in [1.165, 1.54) is 67.0 Å². The van der Waals surface area contributed by atoms with Gasteiger partial charge in [-0.25, -0.2) is 0 Å². The third-order valence-corrected chi connectivity index (χ3v) is 24.2. The Balaban J connectivity index is 0.00000143. The van der Waals surface area contributed by atoms with Gasteiger partial charge in [-0.3, -0.25) is 43.2 Å². The molecule has 1 saturated heterocycles. The van der Waals surface area contributed by atoms with Crippen molar-refractivity contribution in [3.8, 4) is 0 Å². The monoisotopic (exact) mass is 1600 g/mol. The SMILES string of the molecule is CC.CC.CCCCCC(=O)CCC1C(S)CC(=O)[C@@H]1C/C=C\CCCC(=O)OC.CCCCCC(=O)CCC1CCC(=O)[C@@H]1C/C=C\CCCC(=O)OC.CCCCCC1(O)CC[C@H]2[C@@H](CC(=O)[C@@H]2C/C=C\CCCC(=O)OC)S1.CCCCCCCOCCOCCC1[C@H](O)C[C@H](O)[C@@H]1C/C=C\CCCC(=O)OC. The average Bonchev–Trinajstić information content (AvgIpc) is 1.65. The summed E-state index contributed by atoms with van der Waals surface area (Å²) in [7, 11) is 5.61. The molecule has 4 saturated carbocycles. The van der Waals surface area contributed by atoms with E-state index in [1.807, 2.05) is 45.9 Å². The van der Waals surface area contributed by atoms with Gasteiger partial charge in [0.25, 0.3) is 0 Å². The molecular formula is C91H158O18S2. The summed E-state index contributed by atoms with van der Waals surface area (Å²) < 4.78 is 29.8. The second kappa shape index (κ2) is 69.9. The number of carbonyl (C=O) groups excluding carboxylic acids is 9. The third-order valence-electron chi connectivity index (χ3n) is 22.0. The molecule has 5 rings (SSSR count). The van der Waals surface area contributed by atoms with Crippen molar-refractivity contribution in [2.75, 3.05) is 54.9 Å². The molecule has 1 aliphatic heterocycles. The number of allylic oxidation sites excluding steroid dienone is 8. The van der Waals surface area contributed by atoms with Crippen molar-refractivity contribution in [1.29, 1.82) is 0 Å². The molecule has 0 amide bonds. The number of rotatable bonds is 54. The van der Waals surface area contributed by atoms with Crippen LogP contribution in [-0.2, 0) is 71.6 Å². The summed E-state index contributed by atoms with van der Waals surface area (Å²) in [6.45, 7) is 19.2. The Morgan fingerprint density at radius 1 is 0.441 bits per heavy atom. The van der Waals surface area contributed by atoms with E-state index in [4.69, 9.17) is 9.47 Å². The third kappa shape index (κ3) is 50.0. The van der Waals surface area contributed by atoms with Gasteiger partial charge in [0.05, 0.1) is 53.9 Å². The van der Waals surface area contributed by atoms with E-state index >= 15 is 0 Å². The van der Waals surface area contributed by atoms with Crippen LogP contribution in [0.1, 0.15) is 344 Å². The number of thiol groups is 1. The van der Waals surface area contributed by atoms with Gasteiger partial charge in [-0.1, -0.05) is 168 Å². The summed E-state index contributed by atoms with van der Waals surface area (Å²) >= 11 is 6.27. The van der Waals surface area contributed by atoms with Crippen LogP contribution in [-0.4, -0.2) is 151 Å². The molecule has 0 aromatic heterocycles. The first-order valence-corrected chi connectivity index (χ1v) is 45.1. The van der Waals surface area contributed by atoms with Gasteiger partial charge in [0.15, 0.2) is 0 Å². The highest BCUT2D eigenvalue weighted by Gasteiger charge is 2.49. The van der Waals surface area contributed by atoms with Gasteiger partial charge < -0.3 is 43.7 Å². The Morgan fingerprint density at radius 3 is 1.38 bits per heavy atom. The van der Waals surface area contributed by atoms with Gasteiger partial charge in [0, 0.05) is 112 Å². The average molecular weight is 1600 g/mol. The van der Waals surface area contributed by atoms with Crippen LogP contribution in [0.2, 0.25) is 0 Å².